The minimum Gasteiger partial charge on any atom is -0.487 e. The Balaban J connectivity index is 1.68. The SMILES string of the molecule is CC(=O)Nc1ccc(S(=O)(=O)NC(C=O)CC(=O)O)c(O[C@H](C)Cn2c(-c3cscn3)nc3ccccc32)c1. The monoisotopic (exact) mass is 571 g/mol. The second kappa shape index (κ2) is 11.7. The van der Waals surface area contributed by atoms with Crippen molar-refractivity contribution in [2.75, 3.05) is 5.32 Å². The van der Waals surface area contributed by atoms with E-state index >= 15 is 0 Å². The molecule has 0 spiro atoms. The Morgan fingerprint density at radius 2 is 2.00 bits per heavy atom. The molecule has 14 heteroatoms. The highest BCUT2D eigenvalue weighted by atomic mass is 32.2. The molecule has 4 rings (SSSR count). The van der Waals surface area contributed by atoms with Crippen LogP contribution in [0.5, 0.6) is 5.75 Å². The Morgan fingerprint density at radius 1 is 1.23 bits per heavy atom. The van der Waals surface area contributed by atoms with Crippen LogP contribution in [0, 0.1) is 0 Å². The predicted octanol–water partition coefficient (Wildman–Crippen LogP) is 2.91. The van der Waals surface area contributed by atoms with Crippen LogP contribution in [-0.2, 0) is 31.0 Å². The van der Waals surface area contributed by atoms with E-state index in [-0.39, 0.29) is 35.1 Å². The number of nitrogens with zero attached hydrogens (tertiary/aromatic N) is 3. The Morgan fingerprint density at radius 3 is 2.67 bits per heavy atom. The number of carboxylic acid groups (broad SMARTS) is 1. The Bertz CT molecular complexity index is 1620. The van der Waals surface area contributed by atoms with E-state index in [4.69, 9.17) is 14.8 Å². The summed E-state index contributed by atoms with van der Waals surface area (Å²) in [5, 5.41) is 13.4. The van der Waals surface area contributed by atoms with Crippen LogP contribution >= 0.6 is 11.3 Å². The first kappa shape index (κ1) is 27.9. The van der Waals surface area contributed by atoms with Gasteiger partial charge in [0.15, 0.2) is 5.82 Å². The Hall–Kier alpha value is -4.14. The average molecular weight is 572 g/mol. The summed E-state index contributed by atoms with van der Waals surface area (Å²) in [6, 6.07) is 9.99. The molecule has 0 fully saturated rings. The van der Waals surface area contributed by atoms with Crippen LogP contribution < -0.4 is 14.8 Å². The van der Waals surface area contributed by atoms with Crippen LogP contribution in [0.3, 0.4) is 0 Å². The molecule has 12 nitrogen and oxygen atoms in total. The number of hydrogen-bond donors (Lipinski definition) is 3. The maximum atomic E-state index is 13.2. The molecule has 0 bridgehead atoms. The van der Waals surface area contributed by atoms with Gasteiger partial charge in [0.25, 0.3) is 0 Å². The van der Waals surface area contributed by atoms with Gasteiger partial charge >= 0.3 is 5.97 Å². The maximum absolute atomic E-state index is 13.2. The van der Waals surface area contributed by atoms with E-state index in [1.165, 1.54) is 36.5 Å². The Kier molecular flexibility index (Phi) is 8.38. The molecule has 2 atom stereocenters. The lowest BCUT2D eigenvalue weighted by molar-refractivity contribution is -0.138. The normalized spacial score (nSPS) is 13.1. The van der Waals surface area contributed by atoms with E-state index in [9.17, 15) is 22.8 Å². The van der Waals surface area contributed by atoms with Crippen LogP contribution in [-0.4, -0.2) is 58.4 Å². The highest BCUT2D eigenvalue weighted by Crippen LogP contribution is 2.30. The number of fused-ring (bicyclic) bond motifs is 1. The zero-order valence-corrected chi connectivity index (χ0v) is 22.5. The number of imidazole rings is 1. The van der Waals surface area contributed by atoms with Gasteiger partial charge in [0.2, 0.25) is 15.9 Å². The van der Waals surface area contributed by atoms with E-state index in [1.54, 1.807) is 12.4 Å². The van der Waals surface area contributed by atoms with Gasteiger partial charge in [-0.3, -0.25) is 9.59 Å². The lowest BCUT2D eigenvalue weighted by Crippen LogP contribution is -2.37. The van der Waals surface area contributed by atoms with Gasteiger partial charge in [-0.15, -0.1) is 11.3 Å². The van der Waals surface area contributed by atoms with Gasteiger partial charge in [-0.25, -0.2) is 23.1 Å². The zero-order valence-electron chi connectivity index (χ0n) is 20.9. The summed E-state index contributed by atoms with van der Waals surface area (Å²) in [6.45, 7) is 3.31. The van der Waals surface area contributed by atoms with Crippen LogP contribution in [0.1, 0.15) is 20.3 Å². The highest BCUT2D eigenvalue weighted by Gasteiger charge is 2.27. The van der Waals surface area contributed by atoms with Crippen LogP contribution in [0.25, 0.3) is 22.6 Å². The molecule has 0 radical (unpaired) electrons. The predicted molar refractivity (Wildman–Crippen MR) is 144 cm³/mol. The molecule has 39 heavy (non-hydrogen) atoms. The number of rotatable bonds is 12. The summed E-state index contributed by atoms with van der Waals surface area (Å²) in [5.41, 5.74) is 4.26. The fourth-order valence-corrected chi connectivity index (χ4v) is 5.78. The number of aliphatic carboxylic acids is 1. The number of aldehydes is 1. The first-order chi connectivity index (χ1) is 18.6. The van der Waals surface area contributed by atoms with Crippen molar-refractivity contribution in [3.8, 4) is 17.3 Å². The third-order valence-electron chi connectivity index (χ3n) is 5.50. The summed E-state index contributed by atoms with van der Waals surface area (Å²) in [7, 11) is -4.39. The number of carbonyl (C=O) groups is 3. The fraction of sp³-hybridized carbons (Fsp3) is 0.240. The van der Waals surface area contributed by atoms with Crippen molar-refractivity contribution in [3.05, 3.63) is 53.4 Å². The molecule has 3 N–H and O–H groups in total. The van der Waals surface area contributed by atoms with Crippen molar-refractivity contribution in [3.63, 3.8) is 0 Å². The number of nitrogens with one attached hydrogen (secondary N) is 2. The van der Waals surface area contributed by atoms with Gasteiger partial charge in [-0.1, -0.05) is 12.1 Å². The molecular weight excluding hydrogens is 546 g/mol. The van der Waals surface area contributed by atoms with E-state index in [2.05, 4.69) is 15.0 Å². The van der Waals surface area contributed by atoms with Crippen molar-refractivity contribution < 1.29 is 32.6 Å². The zero-order chi connectivity index (χ0) is 28.2. The molecular formula is C25H25N5O7S2. The van der Waals surface area contributed by atoms with Gasteiger partial charge in [0, 0.05) is 24.1 Å². The number of amides is 1. The van der Waals surface area contributed by atoms with E-state index in [1.807, 2.05) is 34.2 Å². The molecule has 0 aliphatic rings. The molecule has 2 aromatic carbocycles. The number of thiazole rings is 1. The largest absolute Gasteiger partial charge is 0.487 e. The minimum absolute atomic E-state index is 0.0964. The third kappa shape index (κ3) is 6.66. The van der Waals surface area contributed by atoms with E-state index < -0.39 is 34.6 Å². The van der Waals surface area contributed by atoms with E-state index in [0.29, 0.717) is 11.5 Å². The fourth-order valence-electron chi connectivity index (χ4n) is 3.96. The standard InChI is InChI=1S/C25H25N5O7S2/c1-15(11-30-21-6-4-3-5-19(21)28-25(30)20-13-38-14-26-20)37-22-9-17(27-16(2)32)7-8-23(22)39(35,36)29-18(12-31)10-24(33)34/h3-9,12-15,18,29H,10-11H2,1-2H3,(H,27,32)(H,33,34)/t15-,18?/m1/s1. The van der Waals surface area contributed by atoms with Gasteiger partial charge in [-0.2, -0.15) is 0 Å². The number of anilines is 1. The molecule has 1 unspecified atom stereocenters. The summed E-state index contributed by atoms with van der Waals surface area (Å²) in [6.07, 6.45) is -1.13. The molecule has 0 aliphatic heterocycles. The van der Waals surface area contributed by atoms with Crippen LogP contribution in [0.4, 0.5) is 5.69 Å². The van der Waals surface area contributed by atoms with Crippen molar-refractivity contribution in [2.45, 2.75) is 43.9 Å². The molecule has 1 amide bonds. The molecule has 0 aliphatic carbocycles. The van der Waals surface area contributed by atoms with E-state index in [0.717, 1.165) is 11.0 Å². The topological polar surface area (TPSA) is 170 Å². The van der Waals surface area contributed by atoms with Gasteiger partial charge in [0.05, 0.1) is 35.6 Å². The quantitative estimate of drug-likeness (QED) is 0.216. The van der Waals surface area contributed by atoms with Crippen LogP contribution in [0.2, 0.25) is 0 Å². The molecule has 4 aromatic rings. The van der Waals surface area contributed by atoms with Gasteiger partial charge in [-0.05, 0) is 31.2 Å². The van der Waals surface area contributed by atoms with Crippen molar-refractivity contribution >= 4 is 56.2 Å². The number of benzene rings is 2. The second-order valence-corrected chi connectivity index (χ2v) is 11.0. The molecule has 2 heterocycles. The molecule has 0 saturated heterocycles. The molecule has 0 saturated carbocycles. The third-order valence-corrected chi connectivity index (χ3v) is 7.62. The van der Waals surface area contributed by atoms with Crippen molar-refractivity contribution in [1.29, 1.82) is 0 Å². The number of carboxylic acids is 1. The highest BCUT2D eigenvalue weighted by molar-refractivity contribution is 7.89. The minimum atomic E-state index is -4.39. The summed E-state index contributed by atoms with van der Waals surface area (Å²) in [4.78, 5) is 42.7. The first-order valence-electron chi connectivity index (χ1n) is 11.7. The Labute approximate surface area is 227 Å². The average Bonchev–Trinajstić information content (AvgIpc) is 3.51. The summed E-state index contributed by atoms with van der Waals surface area (Å²) in [5.74, 6) is -1.19. The number of sulfonamides is 1. The van der Waals surface area contributed by atoms with Gasteiger partial charge < -0.3 is 24.5 Å². The van der Waals surface area contributed by atoms with Crippen LogP contribution in [0.15, 0.2) is 58.3 Å². The number of para-hydroxylation sites is 2. The smallest absolute Gasteiger partial charge is 0.305 e. The second-order valence-electron chi connectivity index (χ2n) is 8.64. The van der Waals surface area contributed by atoms with Crippen molar-refractivity contribution in [2.24, 2.45) is 0 Å². The lowest BCUT2D eigenvalue weighted by Gasteiger charge is -2.21. The number of aromatic nitrogens is 3. The molecule has 2 aromatic heterocycles. The van der Waals surface area contributed by atoms with Crippen molar-refractivity contribution in [1.82, 2.24) is 19.3 Å². The van der Waals surface area contributed by atoms with Gasteiger partial charge in [0.1, 0.15) is 28.7 Å². The number of ether oxygens (including phenoxy) is 1. The summed E-state index contributed by atoms with van der Waals surface area (Å²) >= 11 is 1.43. The molecule has 204 valence electrons. The number of carbonyl (C=O) groups excluding carboxylic acids is 2. The summed E-state index contributed by atoms with van der Waals surface area (Å²) < 4.78 is 36.5. The lowest BCUT2D eigenvalue weighted by atomic mass is 10.2. The first-order valence-corrected chi connectivity index (χ1v) is 14.1. The number of hydrogen-bond acceptors (Lipinski definition) is 9. The maximum Gasteiger partial charge on any atom is 0.305 e.